The van der Waals surface area contributed by atoms with E-state index in [1.807, 2.05) is 11.3 Å². The highest BCUT2D eigenvalue weighted by Crippen LogP contribution is 2.30. The lowest BCUT2D eigenvalue weighted by molar-refractivity contribution is 0.582. The van der Waals surface area contributed by atoms with Crippen LogP contribution in [0, 0.1) is 0 Å². The van der Waals surface area contributed by atoms with Crippen molar-refractivity contribution < 1.29 is 8.42 Å². The van der Waals surface area contributed by atoms with E-state index in [9.17, 15) is 8.42 Å². The van der Waals surface area contributed by atoms with Gasteiger partial charge >= 0.3 is 0 Å². The van der Waals surface area contributed by atoms with E-state index in [0.717, 1.165) is 6.54 Å². The van der Waals surface area contributed by atoms with E-state index in [2.05, 4.69) is 11.4 Å². The van der Waals surface area contributed by atoms with Gasteiger partial charge in [0.25, 0.3) is 0 Å². The number of rotatable bonds is 6. The van der Waals surface area contributed by atoms with Crippen LogP contribution >= 0.6 is 11.3 Å². The third-order valence-electron chi connectivity index (χ3n) is 3.38. The summed E-state index contributed by atoms with van der Waals surface area (Å²) in [6.45, 7) is 4.81. The van der Waals surface area contributed by atoms with Crippen molar-refractivity contribution in [3.05, 3.63) is 21.4 Å². The number of aryl methyl sites for hydroxylation is 2. The summed E-state index contributed by atoms with van der Waals surface area (Å²) in [6.07, 6.45) is 3.73. The van der Waals surface area contributed by atoms with Gasteiger partial charge in [0.1, 0.15) is 0 Å². The third-order valence-corrected chi connectivity index (χ3v) is 6.83. The standard InChI is InChI=1S/C13H21NO2S2/c1-10(2)18(15,16)7-6-14-9-12-8-11-4-3-5-13(11)17-12/h8,10,14H,3-7,9H2,1-2H3. The fourth-order valence-corrected chi connectivity index (χ4v) is 4.27. The van der Waals surface area contributed by atoms with E-state index in [-0.39, 0.29) is 11.0 Å². The van der Waals surface area contributed by atoms with Gasteiger partial charge in [0, 0.05) is 22.8 Å². The maximum absolute atomic E-state index is 11.6. The minimum absolute atomic E-state index is 0.232. The molecule has 0 fully saturated rings. The van der Waals surface area contributed by atoms with Gasteiger partial charge in [-0.1, -0.05) is 0 Å². The predicted octanol–water partition coefficient (Wildman–Crippen LogP) is 2.15. The van der Waals surface area contributed by atoms with Gasteiger partial charge in [-0.3, -0.25) is 0 Å². The fourth-order valence-electron chi connectivity index (χ4n) is 2.14. The Hall–Kier alpha value is -0.390. The highest BCUT2D eigenvalue weighted by atomic mass is 32.2. The molecule has 1 aromatic heterocycles. The summed E-state index contributed by atoms with van der Waals surface area (Å²) in [5.41, 5.74) is 1.51. The zero-order chi connectivity index (χ0) is 13.2. The van der Waals surface area contributed by atoms with Gasteiger partial charge in [-0.05, 0) is 44.7 Å². The first-order valence-corrected chi connectivity index (χ1v) is 9.05. The molecule has 1 aliphatic carbocycles. The molecule has 0 saturated carbocycles. The van der Waals surface area contributed by atoms with Gasteiger partial charge in [-0.15, -0.1) is 11.3 Å². The highest BCUT2D eigenvalue weighted by molar-refractivity contribution is 7.92. The molecule has 0 radical (unpaired) electrons. The molecule has 0 aliphatic heterocycles. The summed E-state index contributed by atoms with van der Waals surface area (Å²) >= 11 is 1.87. The number of thiophene rings is 1. The summed E-state index contributed by atoms with van der Waals surface area (Å²) in [4.78, 5) is 2.86. The quantitative estimate of drug-likeness (QED) is 0.816. The minimum Gasteiger partial charge on any atom is -0.311 e. The molecule has 1 N–H and O–H groups in total. The van der Waals surface area contributed by atoms with Crippen molar-refractivity contribution in [1.82, 2.24) is 5.32 Å². The Morgan fingerprint density at radius 3 is 2.83 bits per heavy atom. The molecule has 18 heavy (non-hydrogen) atoms. The van der Waals surface area contributed by atoms with Crippen LogP contribution in [0.5, 0.6) is 0 Å². The number of fused-ring (bicyclic) bond motifs is 1. The Kier molecular flexibility index (Phi) is 4.45. The van der Waals surface area contributed by atoms with Gasteiger partial charge in [-0.2, -0.15) is 0 Å². The lowest BCUT2D eigenvalue weighted by Gasteiger charge is -2.07. The Labute approximate surface area is 114 Å². The van der Waals surface area contributed by atoms with Crippen LogP contribution in [-0.4, -0.2) is 26.0 Å². The maximum Gasteiger partial charge on any atom is 0.153 e. The molecule has 0 bridgehead atoms. The van der Waals surface area contributed by atoms with Crippen molar-refractivity contribution in [1.29, 1.82) is 0 Å². The van der Waals surface area contributed by atoms with Crippen LogP contribution in [-0.2, 0) is 29.2 Å². The Morgan fingerprint density at radius 1 is 1.39 bits per heavy atom. The second kappa shape index (κ2) is 5.72. The predicted molar refractivity (Wildman–Crippen MR) is 77.0 cm³/mol. The second-order valence-electron chi connectivity index (χ2n) is 5.11. The van der Waals surface area contributed by atoms with Crippen LogP contribution in [0.2, 0.25) is 0 Å². The fraction of sp³-hybridized carbons (Fsp3) is 0.692. The zero-order valence-corrected chi connectivity index (χ0v) is 12.7. The largest absolute Gasteiger partial charge is 0.311 e. The molecular formula is C13H21NO2S2. The van der Waals surface area contributed by atoms with Crippen molar-refractivity contribution in [2.75, 3.05) is 12.3 Å². The first-order chi connectivity index (χ1) is 8.49. The molecule has 2 rings (SSSR count). The van der Waals surface area contributed by atoms with Crippen LogP contribution in [0.3, 0.4) is 0 Å². The lowest BCUT2D eigenvalue weighted by atomic mass is 10.2. The summed E-state index contributed by atoms with van der Waals surface area (Å²) < 4.78 is 23.2. The number of hydrogen-bond acceptors (Lipinski definition) is 4. The van der Waals surface area contributed by atoms with Crippen LogP contribution < -0.4 is 5.32 Å². The van der Waals surface area contributed by atoms with Crippen molar-refractivity contribution >= 4 is 21.2 Å². The van der Waals surface area contributed by atoms with Gasteiger partial charge in [0.2, 0.25) is 0 Å². The molecule has 3 nitrogen and oxygen atoms in total. The van der Waals surface area contributed by atoms with Gasteiger partial charge < -0.3 is 5.32 Å². The van der Waals surface area contributed by atoms with Crippen LogP contribution in [0.15, 0.2) is 6.07 Å². The van der Waals surface area contributed by atoms with E-state index < -0.39 is 9.84 Å². The molecule has 1 heterocycles. The summed E-state index contributed by atoms with van der Waals surface area (Å²) in [5.74, 6) is 0.232. The Balaban J connectivity index is 1.76. The van der Waals surface area contributed by atoms with Gasteiger partial charge in [0.05, 0.1) is 11.0 Å². The molecule has 1 aliphatic rings. The normalized spacial score (nSPS) is 15.3. The van der Waals surface area contributed by atoms with Crippen molar-refractivity contribution in [2.45, 2.75) is 44.9 Å². The second-order valence-corrected chi connectivity index (χ2v) is 9.01. The molecule has 0 unspecified atom stereocenters. The van der Waals surface area contributed by atoms with E-state index >= 15 is 0 Å². The average molecular weight is 287 g/mol. The van der Waals surface area contributed by atoms with E-state index in [4.69, 9.17) is 0 Å². The SMILES string of the molecule is CC(C)S(=O)(=O)CCNCc1cc2c(s1)CCC2. The van der Waals surface area contributed by atoms with Crippen LogP contribution in [0.4, 0.5) is 0 Å². The minimum atomic E-state index is -2.91. The highest BCUT2D eigenvalue weighted by Gasteiger charge is 2.16. The average Bonchev–Trinajstić information content (AvgIpc) is 2.84. The monoisotopic (exact) mass is 287 g/mol. The van der Waals surface area contributed by atoms with E-state index in [0.29, 0.717) is 6.54 Å². The van der Waals surface area contributed by atoms with Crippen LogP contribution in [0.25, 0.3) is 0 Å². The molecular weight excluding hydrogens is 266 g/mol. The molecule has 5 heteroatoms. The Bertz CT molecular complexity index is 482. The summed E-state index contributed by atoms with van der Waals surface area (Å²) in [5, 5.41) is 2.96. The lowest BCUT2D eigenvalue weighted by Crippen LogP contribution is -2.26. The number of nitrogens with one attached hydrogen (secondary N) is 1. The maximum atomic E-state index is 11.6. The smallest absolute Gasteiger partial charge is 0.153 e. The molecule has 1 aromatic rings. The Morgan fingerprint density at radius 2 is 2.17 bits per heavy atom. The van der Waals surface area contributed by atoms with Crippen molar-refractivity contribution in [2.24, 2.45) is 0 Å². The van der Waals surface area contributed by atoms with Crippen LogP contribution in [0.1, 0.15) is 35.6 Å². The van der Waals surface area contributed by atoms with Gasteiger partial charge in [-0.25, -0.2) is 8.42 Å². The zero-order valence-electron chi connectivity index (χ0n) is 11.0. The topological polar surface area (TPSA) is 46.2 Å². The third kappa shape index (κ3) is 3.33. The van der Waals surface area contributed by atoms with Crippen molar-refractivity contribution in [3.8, 4) is 0 Å². The molecule has 0 amide bonds. The first-order valence-electron chi connectivity index (χ1n) is 6.52. The first kappa shape index (κ1) is 14.0. The molecule has 0 saturated heterocycles. The molecule has 0 aromatic carbocycles. The summed E-state index contributed by atoms with van der Waals surface area (Å²) in [7, 11) is -2.91. The molecule has 0 atom stereocenters. The molecule has 102 valence electrons. The number of hydrogen-bond donors (Lipinski definition) is 1. The summed E-state index contributed by atoms with van der Waals surface area (Å²) in [6, 6.07) is 2.27. The van der Waals surface area contributed by atoms with E-state index in [1.165, 1.54) is 34.6 Å². The van der Waals surface area contributed by atoms with Gasteiger partial charge in [0.15, 0.2) is 9.84 Å². The van der Waals surface area contributed by atoms with E-state index in [1.54, 1.807) is 13.8 Å². The van der Waals surface area contributed by atoms with Crippen molar-refractivity contribution in [3.63, 3.8) is 0 Å². The molecule has 0 spiro atoms. The number of sulfone groups is 1.